The number of rotatable bonds is 3. The molecule has 0 saturated heterocycles. The van der Waals surface area contributed by atoms with Crippen LogP contribution in [0, 0.1) is 22.0 Å². The Labute approximate surface area is 174 Å². The summed E-state index contributed by atoms with van der Waals surface area (Å²) >= 11 is 2.24. The van der Waals surface area contributed by atoms with E-state index in [0.717, 1.165) is 31.6 Å². The molecule has 8 nitrogen and oxygen atoms in total. The first-order chi connectivity index (χ1) is 13.5. The molecule has 4 aromatic rings. The third-order valence-electron chi connectivity index (χ3n) is 4.29. The number of halogens is 1. The lowest BCUT2D eigenvalue weighted by Gasteiger charge is -2.09. The van der Waals surface area contributed by atoms with E-state index in [4.69, 9.17) is 10.5 Å². The molecule has 4 rings (SSSR count). The summed E-state index contributed by atoms with van der Waals surface area (Å²) in [5.74, 6) is 0.779. The molecule has 0 spiro atoms. The minimum absolute atomic E-state index is 0.196. The molecule has 0 unspecified atom stereocenters. The Balaban J connectivity index is 1.84. The minimum atomic E-state index is 0.196. The zero-order valence-corrected chi connectivity index (χ0v) is 17.2. The SMILES string of the molecule is Cc1ccnc(Oc2ccc(-c3c(I)n(C)c4ncnc(N)c34)cc2C#N)n1. The van der Waals surface area contributed by atoms with Gasteiger partial charge in [0, 0.05) is 24.5 Å². The molecule has 0 aliphatic heterocycles. The lowest BCUT2D eigenvalue weighted by Crippen LogP contribution is -1.96. The summed E-state index contributed by atoms with van der Waals surface area (Å²) < 4.78 is 8.61. The molecular formula is C19H14IN7O. The molecule has 0 bridgehead atoms. The Morgan fingerprint density at radius 3 is 2.79 bits per heavy atom. The molecule has 0 amide bonds. The van der Waals surface area contributed by atoms with Crippen LogP contribution < -0.4 is 10.5 Å². The molecule has 2 N–H and O–H groups in total. The van der Waals surface area contributed by atoms with E-state index in [9.17, 15) is 5.26 Å². The number of fused-ring (bicyclic) bond motifs is 1. The number of nitrogens with zero attached hydrogens (tertiary/aromatic N) is 6. The van der Waals surface area contributed by atoms with Crippen LogP contribution in [0.1, 0.15) is 11.3 Å². The van der Waals surface area contributed by atoms with Crippen LogP contribution in [0.4, 0.5) is 5.82 Å². The second-order valence-corrected chi connectivity index (χ2v) is 7.11. The molecule has 28 heavy (non-hydrogen) atoms. The smallest absolute Gasteiger partial charge is 0.322 e. The molecule has 3 aromatic heterocycles. The first-order valence-corrected chi connectivity index (χ1v) is 9.34. The van der Waals surface area contributed by atoms with Gasteiger partial charge in [-0.2, -0.15) is 5.26 Å². The minimum Gasteiger partial charge on any atom is -0.423 e. The summed E-state index contributed by atoms with van der Waals surface area (Å²) in [5, 5.41) is 10.4. The van der Waals surface area contributed by atoms with Gasteiger partial charge >= 0.3 is 6.01 Å². The Kier molecular flexibility index (Phi) is 4.56. The van der Waals surface area contributed by atoms with Gasteiger partial charge in [-0.05, 0) is 53.3 Å². The number of nitrogen functional groups attached to an aromatic ring is 1. The van der Waals surface area contributed by atoms with E-state index in [1.165, 1.54) is 6.33 Å². The molecular weight excluding hydrogens is 469 g/mol. The zero-order valence-electron chi connectivity index (χ0n) is 15.0. The number of ether oxygens (including phenoxy) is 1. The molecule has 1 aromatic carbocycles. The topological polar surface area (TPSA) is 116 Å². The fourth-order valence-corrected chi connectivity index (χ4v) is 3.76. The van der Waals surface area contributed by atoms with Gasteiger partial charge in [0.2, 0.25) is 0 Å². The van der Waals surface area contributed by atoms with Gasteiger partial charge in [-0.1, -0.05) is 6.07 Å². The number of hydrogen-bond donors (Lipinski definition) is 1. The van der Waals surface area contributed by atoms with Crippen molar-refractivity contribution in [2.75, 3.05) is 5.73 Å². The van der Waals surface area contributed by atoms with Gasteiger partial charge in [0.1, 0.15) is 29.6 Å². The Morgan fingerprint density at radius 2 is 2.04 bits per heavy atom. The van der Waals surface area contributed by atoms with Gasteiger partial charge in [-0.15, -0.1) is 0 Å². The quantitative estimate of drug-likeness (QED) is 0.443. The van der Waals surface area contributed by atoms with Crippen LogP contribution in [0.2, 0.25) is 0 Å². The normalized spacial score (nSPS) is 10.8. The third kappa shape index (κ3) is 3.01. The number of anilines is 1. The maximum absolute atomic E-state index is 9.64. The Morgan fingerprint density at radius 1 is 1.21 bits per heavy atom. The van der Waals surface area contributed by atoms with Gasteiger partial charge in [0.15, 0.2) is 0 Å². The van der Waals surface area contributed by atoms with Crippen molar-refractivity contribution in [2.45, 2.75) is 6.92 Å². The summed E-state index contributed by atoms with van der Waals surface area (Å²) in [6.45, 7) is 1.85. The van der Waals surface area contributed by atoms with E-state index in [1.54, 1.807) is 24.4 Å². The molecule has 138 valence electrons. The van der Waals surface area contributed by atoms with Crippen molar-refractivity contribution >= 4 is 39.4 Å². The van der Waals surface area contributed by atoms with E-state index >= 15 is 0 Å². The van der Waals surface area contributed by atoms with Crippen molar-refractivity contribution < 1.29 is 4.74 Å². The van der Waals surface area contributed by atoms with Crippen molar-refractivity contribution in [3.8, 4) is 29.0 Å². The molecule has 0 fully saturated rings. The molecule has 0 atom stereocenters. The predicted molar refractivity (Wildman–Crippen MR) is 113 cm³/mol. The van der Waals surface area contributed by atoms with Crippen LogP contribution in [0.3, 0.4) is 0 Å². The highest BCUT2D eigenvalue weighted by Gasteiger charge is 2.20. The van der Waals surface area contributed by atoms with Crippen molar-refractivity contribution in [1.82, 2.24) is 24.5 Å². The lowest BCUT2D eigenvalue weighted by molar-refractivity contribution is 0.439. The zero-order chi connectivity index (χ0) is 19.8. The molecule has 0 saturated carbocycles. The summed E-state index contributed by atoms with van der Waals surface area (Å²) in [5.41, 5.74) is 9.70. The molecule has 3 heterocycles. The lowest BCUT2D eigenvalue weighted by atomic mass is 10.0. The molecule has 9 heteroatoms. The second kappa shape index (κ2) is 7.05. The maximum Gasteiger partial charge on any atom is 0.322 e. The van der Waals surface area contributed by atoms with Gasteiger partial charge < -0.3 is 15.0 Å². The van der Waals surface area contributed by atoms with Crippen molar-refractivity contribution in [2.24, 2.45) is 7.05 Å². The summed E-state index contributed by atoms with van der Waals surface area (Å²) in [6.07, 6.45) is 3.05. The number of nitriles is 1. The second-order valence-electron chi connectivity index (χ2n) is 6.09. The average molecular weight is 483 g/mol. The number of benzene rings is 1. The van der Waals surface area contributed by atoms with Gasteiger partial charge in [0.25, 0.3) is 0 Å². The van der Waals surface area contributed by atoms with E-state index < -0.39 is 0 Å². The monoisotopic (exact) mass is 483 g/mol. The Bertz CT molecular complexity index is 1260. The highest BCUT2D eigenvalue weighted by atomic mass is 127. The van der Waals surface area contributed by atoms with Crippen LogP contribution >= 0.6 is 22.6 Å². The number of aromatic nitrogens is 5. The fraction of sp³-hybridized carbons (Fsp3) is 0.105. The van der Waals surface area contributed by atoms with Crippen LogP contribution in [-0.2, 0) is 7.05 Å². The summed E-state index contributed by atoms with van der Waals surface area (Å²) in [7, 11) is 1.91. The van der Waals surface area contributed by atoms with Gasteiger partial charge in [0.05, 0.1) is 14.7 Å². The van der Waals surface area contributed by atoms with Crippen molar-refractivity contribution in [3.63, 3.8) is 0 Å². The largest absolute Gasteiger partial charge is 0.423 e. The molecule has 0 radical (unpaired) electrons. The highest BCUT2D eigenvalue weighted by molar-refractivity contribution is 14.1. The number of nitrogens with two attached hydrogens (primary N) is 1. The van der Waals surface area contributed by atoms with Gasteiger partial charge in [-0.25, -0.2) is 19.9 Å². The van der Waals surface area contributed by atoms with Crippen LogP contribution in [0.5, 0.6) is 11.8 Å². The van der Waals surface area contributed by atoms with Crippen LogP contribution in [0.25, 0.3) is 22.2 Å². The standard InChI is InChI=1S/C19H14IN7O/c1-10-5-6-23-19(26-10)28-13-4-3-11(7-12(13)8-21)14-15-17(22)24-9-25-18(15)27(2)16(14)20/h3-7,9H,1-2H3,(H2,22,24,25). The highest BCUT2D eigenvalue weighted by Crippen LogP contribution is 2.38. The summed E-state index contributed by atoms with van der Waals surface area (Å²) in [6, 6.07) is 9.51. The van der Waals surface area contributed by atoms with E-state index in [0.29, 0.717) is 17.1 Å². The van der Waals surface area contributed by atoms with Crippen molar-refractivity contribution in [1.29, 1.82) is 5.26 Å². The maximum atomic E-state index is 9.64. The van der Waals surface area contributed by atoms with E-state index in [-0.39, 0.29) is 6.01 Å². The number of hydrogen-bond acceptors (Lipinski definition) is 7. The first-order valence-electron chi connectivity index (χ1n) is 8.26. The van der Waals surface area contributed by atoms with E-state index in [1.807, 2.05) is 24.6 Å². The molecule has 0 aliphatic carbocycles. The molecule has 0 aliphatic rings. The summed E-state index contributed by atoms with van der Waals surface area (Å²) in [4.78, 5) is 16.7. The first kappa shape index (κ1) is 18.1. The third-order valence-corrected chi connectivity index (χ3v) is 5.55. The van der Waals surface area contributed by atoms with Gasteiger partial charge in [-0.3, -0.25) is 0 Å². The predicted octanol–water partition coefficient (Wildman–Crippen LogP) is 3.58. The Hall–Kier alpha value is -3.26. The van der Waals surface area contributed by atoms with Crippen LogP contribution in [-0.4, -0.2) is 24.5 Å². The van der Waals surface area contributed by atoms with E-state index in [2.05, 4.69) is 48.6 Å². The fourth-order valence-electron chi connectivity index (χ4n) is 2.95. The average Bonchev–Trinajstić information content (AvgIpc) is 2.94. The van der Waals surface area contributed by atoms with Crippen LogP contribution in [0.15, 0.2) is 36.8 Å². The number of aryl methyl sites for hydroxylation is 2. The van der Waals surface area contributed by atoms with Crippen molar-refractivity contribution in [3.05, 3.63) is 51.7 Å².